The highest BCUT2D eigenvalue weighted by Gasteiger charge is 2.09. The number of hydrogen-bond acceptors (Lipinski definition) is 4. The second-order valence-electron chi connectivity index (χ2n) is 3.17. The zero-order valence-electron chi connectivity index (χ0n) is 9.23. The Morgan fingerprint density at radius 3 is 2.75 bits per heavy atom. The summed E-state index contributed by atoms with van der Waals surface area (Å²) in [5.74, 6) is -0.125. The summed E-state index contributed by atoms with van der Waals surface area (Å²) >= 11 is 0. The second-order valence-corrected chi connectivity index (χ2v) is 3.17. The van der Waals surface area contributed by atoms with Gasteiger partial charge in [0.1, 0.15) is 12.4 Å². The number of nitrogens with two attached hydrogens (primary N) is 2. The molecule has 0 spiro atoms. The molecule has 0 bridgehead atoms. The molecular formula is C11H16N2O3. The van der Waals surface area contributed by atoms with Crippen LogP contribution in [0.2, 0.25) is 0 Å². The molecule has 0 unspecified atom stereocenters. The molecule has 88 valence electrons. The first-order valence-electron chi connectivity index (χ1n) is 5.05. The van der Waals surface area contributed by atoms with E-state index in [1.54, 1.807) is 12.1 Å². The van der Waals surface area contributed by atoms with Crippen LogP contribution >= 0.6 is 0 Å². The van der Waals surface area contributed by atoms with Crippen molar-refractivity contribution in [1.29, 1.82) is 0 Å². The van der Waals surface area contributed by atoms with Crippen molar-refractivity contribution in [3.05, 3.63) is 23.8 Å². The van der Waals surface area contributed by atoms with Gasteiger partial charge in [-0.15, -0.1) is 0 Å². The van der Waals surface area contributed by atoms with Crippen molar-refractivity contribution in [1.82, 2.24) is 0 Å². The predicted octanol–water partition coefficient (Wildman–Crippen LogP) is 0.783. The highest BCUT2D eigenvalue weighted by Crippen LogP contribution is 2.20. The molecule has 0 saturated carbocycles. The third kappa shape index (κ3) is 3.43. The fraction of sp³-hybridized carbons (Fsp3) is 0.364. The standard InChI is InChI=1S/C11H16N2O3/c1-2-15-5-6-16-10-4-3-8(12)7-9(10)11(13)14/h3-4,7H,2,5-6,12H2,1H3,(H2,13,14). The van der Waals surface area contributed by atoms with Gasteiger partial charge >= 0.3 is 0 Å². The SMILES string of the molecule is CCOCCOc1ccc(N)cc1C(N)=O. The molecule has 16 heavy (non-hydrogen) atoms. The van der Waals surface area contributed by atoms with Gasteiger partial charge in [0.25, 0.3) is 5.91 Å². The van der Waals surface area contributed by atoms with Crippen LogP contribution in [0.5, 0.6) is 5.75 Å². The molecular weight excluding hydrogens is 208 g/mol. The van der Waals surface area contributed by atoms with Crippen molar-refractivity contribution in [2.45, 2.75) is 6.92 Å². The Kier molecular flexibility index (Phi) is 4.60. The molecule has 5 nitrogen and oxygen atoms in total. The van der Waals surface area contributed by atoms with Gasteiger partial charge in [0.15, 0.2) is 0 Å². The molecule has 1 aromatic carbocycles. The van der Waals surface area contributed by atoms with E-state index < -0.39 is 5.91 Å². The summed E-state index contributed by atoms with van der Waals surface area (Å²) in [5, 5.41) is 0. The van der Waals surface area contributed by atoms with Crippen LogP contribution in [-0.4, -0.2) is 25.7 Å². The lowest BCUT2D eigenvalue weighted by Crippen LogP contribution is -2.15. The van der Waals surface area contributed by atoms with Gasteiger partial charge in [-0.3, -0.25) is 4.79 Å². The average molecular weight is 224 g/mol. The van der Waals surface area contributed by atoms with Gasteiger partial charge in [0.2, 0.25) is 0 Å². The van der Waals surface area contributed by atoms with Gasteiger partial charge in [0.05, 0.1) is 12.2 Å². The largest absolute Gasteiger partial charge is 0.490 e. The van der Waals surface area contributed by atoms with E-state index in [1.807, 2.05) is 6.92 Å². The molecule has 0 fully saturated rings. The van der Waals surface area contributed by atoms with Gasteiger partial charge in [0, 0.05) is 12.3 Å². The summed E-state index contributed by atoms with van der Waals surface area (Å²) in [7, 11) is 0. The van der Waals surface area contributed by atoms with Crippen molar-refractivity contribution >= 4 is 11.6 Å². The maximum Gasteiger partial charge on any atom is 0.252 e. The molecule has 1 amide bonds. The number of primary amides is 1. The van der Waals surface area contributed by atoms with E-state index in [-0.39, 0.29) is 5.56 Å². The third-order valence-electron chi connectivity index (χ3n) is 1.96. The molecule has 0 heterocycles. The molecule has 1 aromatic rings. The van der Waals surface area contributed by atoms with Crippen molar-refractivity contribution in [3.8, 4) is 5.75 Å². The van der Waals surface area contributed by atoms with Crippen LogP contribution in [0.25, 0.3) is 0 Å². The number of anilines is 1. The van der Waals surface area contributed by atoms with E-state index in [4.69, 9.17) is 20.9 Å². The zero-order chi connectivity index (χ0) is 12.0. The Balaban J connectivity index is 2.67. The van der Waals surface area contributed by atoms with Gasteiger partial charge < -0.3 is 20.9 Å². The molecule has 0 atom stereocenters. The van der Waals surface area contributed by atoms with E-state index in [9.17, 15) is 4.79 Å². The fourth-order valence-corrected chi connectivity index (χ4v) is 1.22. The van der Waals surface area contributed by atoms with E-state index in [0.717, 1.165) is 0 Å². The first-order chi connectivity index (χ1) is 7.65. The Morgan fingerprint density at radius 2 is 2.12 bits per heavy atom. The number of rotatable bonds is 6. The molecule has 4 N–H and O–H groups in total. The molecule has 0 saturated heterocycles. The zero-order valence-corrected chi connectivity index (χ0v) is 9.23. The molecule has 0 aliphatic rings. The van der Waals surface area contributed by atoms with Crippen LogP contribution in [0, 0.1) is 0 Å². The van der Waals surface area contributed by atoms with Gasteiger partial charge in [-0.05, 0) is 25.1 Å². The highest BCUT2D eigenvalue weighted by atomic mass is 16.5. The lowest BCUT2D eigenvalue weighted by Gasteiger charge is -2.10. The second kappa shape index (κ2) is 5.97. The molecule has 1 rings (SSSR count). The summed E-state index contributed by atoms with van der Waals surface area (Å²) in [6, 6.07) is 4.78. The maximum absolute atomic E-state index is 11.1. The van der Waals surface area contributed by atoms with Gasteiger partial charge in [-0.25, -0.2) is 0 Å². The smallest absolute Gasteiger partial charge is 0.252 e. The number of hydrogen-bond donors (Lipinski definition) is 2. The minimum atomic E-state index is -0.557. The molecule has 0 aliphatic heterocycles. The number of carbonyl (C=O) groups is 1. The van der Waals surface area contributed by atoms with Gasteiger partial charge in [-0.1, -0.05) is 0 Å². The van der Waals surface area contributed by atoms with Gasteiger partial charge in [-0.2, -0.15) is 0 Å². The third-order valence-corrected chi connectivity index (χ3v) is 1.96. The monoisotopic (exact) mass is 224 g/mol. The van der Waals surface area contributed by atoms with E-state index in [2.05, 4.69) is 0 Å². The number of benzene rings is 1. The van der Waals surface area contributed by atoms with E-state index >= 15 is 0 Å². The van der Waals surface area contributed by atoms with Crippen molar-refractivity contribution in [2.75, 3.05) is 25.6 Å². The Labute approximate surface area is 94.3 Å². The van der Waals surface area contributed by atoms with Crippen LogP contribution in [0.4, 0.5) is 5.69 Å². The Bertz CT molecular complexity index is 366. The minimum Gasteiger partial charge on any atom is -0.490 e. The van der Waals surface area contributed by atoms with E-state index in [0.29, 0.717) is 31.3 Å². The average Bonchev–Trinajstić information content (AvgIpc) is 2.26. The van der Waals surface area contributed by atoms with Crippen molar-refractivity contribution in [3.63, 3.8) is 0 Å². The quantitative estimate of drug-likeness (QED) is 0.552. The number of nitrogen functional groups attached to an aromatic ring is 1. The summed E-state index contributed by atoms with van der Waals surface area (Å²) < 4.78 is 10.5. The van der Waals surface area contributed by atoms with Crippen LogP contribution in [0.1, 0.15) is 17.3 Å². The topological polar surface area (TPSA) is 87.6 Å². The summed E-state index contributed by atoms with van der Waals surface area (Å²) in [5.41, 5.74) is 11.5. The molecule has 5 heteroatoms. The number of amides is 1. The normalized spacial score (nSPS) is 10.1. The van der Waals surface area contributed by atoms with E-state index in [1.165, 1.54) is 6.07 Å². The Morgan fingerprint density at radius 1 is 1.38 bits per heavy atom. The Hall–Kier alpha value is -1.75. The maximum atomic E-state index is 11.1. The lowest BCUT2D eigenvalue weighted by atomic mass is 10.1. The first-order valence-corrected chi connectivity index (χ1v) is 5.05. The van der Waals surface area contributed by atoms with Crippen LogP contribution in [0.15, 0.2) is 18.2 Å². The van der Waals surface area contributed by atoms with Crippen molar-refractivity contribution < 1.29 is 14.3 Å². The molecule has 0 radical (unpaired) electrons. The fourth-order valence-electron chi connectivity index (χ4n) is 1.22. The minimum absolute atomic E-state index is 0.288. The highest BCUT2D eigenvalue weighted by molar-refractivity contribution is 5.96. The van der Waals surface area contributed by atoms with Crippen LogP contribution in [0.3, 0.4) is 0 Å². The first kappa shape index (κ1) is 12.3. The summed E-state index contributed by atoms with van der Waals surface area (Å²) in [4.78, 5) is 11.1. The molecule has 0 aromatic heterocycles. The summed E-state index contributed by atoms with van der Waals surface area (Å²) in [6.45, 7) is 3.38. The summed E-state index contributed by atoms with van der Waals surface area (Å²) in [6.07, 6.45) is 0. The number of ether oxygens (including phenoxy) is 2. The van der Waals surface area contributed by atoms with Crippen LogP contribution in [-0.2, 0) is 4.74 Å². The molecule has 0 aliphatic carbocycles. The van der Waals surface area contributed by atoms with Crippen LogP contribution < -0.4 is 16.2 Å². The lowest BCUT2D eigenvalue weighted by molar-refractivity contribution is 0.0979. The van der Waals surface area contributed by atoms with Crippen molar-refractivity contribution in [2.24, 2.45) is 5.73 Å². The predicted molar refractivity (Wildman–Crippen MR) is 61.4 cm³/mol. The number of carbonyl (C=O) groups excluding carboxylic acids is 1.